The van der Waals surface area contributed by atoms with Crippen LogP contribution in [0.25, 0.3) is 21.8 Å². The van der Waals surface area contributed by atoms with Gasteiger partial charge in [-0.2, -0.15) is 0 Å². The monoisotopic (exact) mass is 782 g/mol. The van der Waals surface area contributed by atoms with Gasteiger partial charge >= 0.3 is 0 Å². The molecule has 16 heteroatoms. The summed E-state index contributed by atoms with van der Waals surface area (Å²) in [7, 11) is 0. The van der Waals surface area contributed by atoms with E-state index in [0.29, 0.717) is 63.8 Å². The van der Waals surface area contributed by atoms with E-state index < -0.39 is 60.3 Å². The van der Waals surface area contributed by atoms with E-state index in [1.807, 2.05) is 60.7 Å². The van der Waals surface area contributed by atoms with Crippen molar-refractivity contribution in [3.05, 3.63) is 72.8 Å². The summed E-state index contributed by atoms with van der Waals surface area (Å²) < 4.78 is 0. The molecule has 1 aromatic heterocycles. The molecule has 1 aliphatic rings. The quantitative estimate of drug-likeness (QED) is 0.0461. The number of benzene rings is 3. The first-order valence-corrected chi connectivity index (χ1v) is 19.5. The lowest BCUT2D eigenvalue weighted by atomic mass is 10.0. The molecule has 304 valence electrons. The van der Waals surface area contributed by atoms with E-state index in [0.717, 1.165) is 33.2 Å². The van der Waals surface area contributed by atoms with Crippen molar-refractivity contribution < 1.29 is 29.1 Å². The van der Waals surface area contributed by atoms with Crippen LogP contribution in [0.1, 0.15) is 51.4 Å². The van der Waals surface area contributed by atoms with Crippen LogP contribution in [0.2, 0.25) is 0 Å². The number of unbranched alkanes of at least 4 members (excludes halogenated alkanes) is 2. The molecule has 16 nitrogen and oxygen atoms in total. The summed E-state index contributed by atoms with van der Waals surface area (Å²) in [6, 6.07) is 19.0. The fourth-order valence-electron chi connectivity index (χ4n) is 6.91. The van der Waals surface area contributed by atoms with Gasteiger partial charge in [-0.25, -0.2) is 4.98 Å². The van der Waals surface area contributed by atoms with Gasteiger partial charge in [-0.3, -0.25) is 24.0 Å². The Balaban J connectivity index is 1.19. The summed E-state index contributed by atoms with van der Waals surface area (Å²) in [5, 5.41) is 25.8. The standard InChI is InChI=1S/C41H54N10O6/c42-21-7-5-14-33(49-39(55)34(15-6-8-22-43)50-40(56)35-16-9-23-51(35)41(57)30(44)25-52)38(54)45-24-36(53)46-26-17-19-27(20-18-26)47-37-28-10-1-3-12-31(28)48-32-13-4-2-11-29(32)37/h1-4,10-13,17-20,30,33-35,52H,5-9,14-16,21-25,42-44H2,(H,45,54)(H,46,53)(H,47,48)(H,49,55)(H,50,56)/t30-,33-,34-,35-/m0/s1. The number of aliphatic hydroxyl groups is 1. The molecule has 0 unspecified atom stereocenters. The minimum absolute atomic E-state index is 0.245. The molecule has 3 aromatic carbocycles. The number of amides is 5. The zero-order valence-electron chi connectivity index (χ0n) is 32.0. The van der Waals surface area contributed by atoms with Gasteiger partial charge in [-0.1, -0.05) is 36.4 Å². The van der Waals surface area contributed by atoms with E-state index in [2.05, 4.69) is 26.6 Å². The average molecular weight is 783 g/mol. The summed E-state index contributed by atoms with van der Waals surface area (Å²) in [4.78, 5) is 72.3. The molecule has 0 aliphatic carbocycles. The maximum atomic E-state index is 13.7. The van der Waals surface area contributed by atoms with Crippen LogP contribution in [0, 0.1) is 0 Å². The summed E-state index contributed by atoms with van der Waals surface area (Å²) in [6.07, 6.45) is 3.70. The van der Waals surface area contributed by atoms with E-state index >= 15 is 0 Å². The fraction of sp³-hybridized carbons (Fsp3) is 0.415. The lowest BCUT2D eigenvalue weighted by Crippen LogP contribution is -2.57. The fourth-order valence-corrected chi connectivity index (χ4v) is 6.91. The SMILES string of the molecule is NCCCC[C@H](NC(=O)[C@H](CCCCN)NC(=O)[C@@H]1CCCN1C(=O)[C@@H](N)CO)C(=O)NCC(=O)Nc1ccc(Nc2c3ccccc3nc3ccccc23)cc1. The smallest absolute Gasteiger partial charge is 0.243 e. The second-order valence-electron chi connectivity index (χ2n) is 14.2. The maximum absolute atomic E-state index is 13.7. The molecule has 0 radical (unpaired) electrons. The van der Waals surface area contributed by atoms with Crippen molar-refractivity contribution in [3.63, 3.8) is 0 Å². The van der Waals surface area contributed by atoms with Gasteiger partial charge in [0.25, 0.3) is 0 Å². The number of rotatable bonds is 20. The number of nitrogens with one attached hydrogen (secondary N) is 5. The van der Waals surface area contributed by atoms with Crippen molar-refractivity contribution in [2.75, 3.05) is 43.4 Å². The zero-order valence-corrected chi connectivity index (χ0v) is 32.0. The molecular formula is C41H54N10O6. The first-order chi connectivity index (χ1) is 27.6. The lowest BCUT2D eigenvalue weighted by molar-refractivity contribution is -0.141. The van der Waals surface area contributed by atoms with Gasteiger partial charge in [0.05, 0.1) is 29.9 Å². The third kappa shape index (κ3) is 11.4. The van der Waals surface area contributed by atoms with Crippen LogP contribution in [0.15, 0.2) is 72.8 Å². The van der Waals surface area contributed by atoms with Crippen molar-refractivity contribution in [2.24, 2.45) is 17.2 Å². The van der Waals surface area contributed by atoms with Crippen LogP contribution in [0.3, 0.4) is 0 Å². The number of carbonyl (C=O) groups excluding carboxylic acids is 5. The zero-order chi connectivity index (χ0) is 40.7. The number of anilines is 3. The Morgan fingerprint density at radius 1 is 0.772 bits per heavy atom. The molecule has 0 spiro atoms. The number of nitrogens with two attached hydrogens (primary N) is 3. The number of carbonyl (C=O) groups is 5. The summed E-state index contributed by atoms with van der Waals surface area (Å²) >= 11 is 0. The van der Waals surface area contributed by atoms with Crippen molar-refractivity contribution in [3.8, 4) is 0 Å². The predicted molar refractivity (Wildman–Crippen MR) is 220 cm³/mol. The minimum Gasteiger partial charge on any atom is -0.394 e. The van der Waals surface area contributed by atoms with Gasteiger partial charge in [0.1, 0.15) is 24.2 Å². The van der Waals surface area contributed by atoms with Crippen molar-refractivity contribution >= 4 is 68.4 Å². The Bertz CT molecular complexity index is 1960. The highest BCUT2D eigenvalue weighted by molar-refractivity contribution is 6.08. The number of hydrogen-bond acceptors (Lipinski definition) is 11. The van der Waals surface area contributed by atoms with Crippen LogP contribution in [0.4, 0.5) is 17.1 Å². The van der Waals surface area contributed by atoms with Gasteiger partial charge in [0.15, 0.2) is 0 Å². The highest BCUT2D eigenvalue weighted by atomic mass is 16.3. The number of nitrogens with zero attached hydrogens (tertiary/aromatic N) is 2. The van der Waals surface area contributed by atoms with Crippen LogP contribution in [0.5, 0.6) is 0 Å². The second-order valence-corrected chi connectivity index (χ2v) is 14.2. The molecule has 1 fully saturated rings. The van der Waals surface area contributed by atoms with Crippen LogP contribution in [-0.4, -0.2) is 101 Å². The van der Waals surface area contributed by atoms with Gasteiger partial charge in [-0.05, 0) is 101 Å². The van der Waals surface area contributed by atoms with Gasteiger partial charge in [0.2, 0.25) is 29.5 Å². The molecule has 5 rings (SSSR count). The Morgan fingerprint density at radius 2 is 1.35 bits per heavy atom. The Kier molecular flexibility index (Phi) is 15.7. The first-order valence-electron chi connectivity index (χ1n) is 19.5. The third-order valence-electron chi connectivity index (χ3n) is 9.96. The average Bonchev–Trinajstić information content (AvgIpc) is 3.72. The van der Waals surface area contributed by atoms with Gasteiger partial charge < -0.3 is 53.8 Å². The summed E-state index contributed by atoms with van der Waals surface area (Å²) in [6.45, 7) is 0.172. The van der Waals surface area contributed by atoms with E-state index in [1.54, 1.807) is 12.1 Å². The molecule has 1 aliphatic heterocycles. The van der Waals surface area contributed by atoms with Crippen LogP contribution >= 0.6 is 0 Å². The van der Waals surface area contributed by atoms with Crippen molar-refractivity contribution in [2.45, 2.75) is 75.5 Å². The maximum Gasteiger partial charge on any atom is 0.243 e. The van der Waals surface area contributed by atoms with E-state index in [-0.39, 0.29) is 19.4 Å². The summed E-state index contributed by atoms with van der Waals surface area (Å²) in [5.41, 5.74) is 21.1. The number of likely N-dealkylation sites (tertiary alicyclic amines) is 1. The first kappa shape index (κ1) is 42.5. The van der Waals surface area contributed by atoms with E-state index in [4.69, 9.17) is 22.2 Å². The molecule has 4 atom stereocenters. The minimum atomic E-state index is -1.15. The number of para-hydroxylation sites is 2. The van der Waals surface area contributed by atoms with Gasteiger partial charge in [0, 0.05) is 28.7 Å². The van der Waals surface area contributed by atoms with Crippen molar-refractivity contribution in [1.82, 2.24) is 25.8 Å². The van der Waals surface area contributed by atoms with Gasteiger partial charge in [-0.15, -0.1) is 0 Å². The molecule has 0 bridgehead atoms. The molecule has 0 saturated carbocycles. The number of hydrogen-bond donors (Lipinski definition) is 9. The Hall–Kier alpha value is -5.68. The number of aromatic nitrogens is 1. The summed E-state index contributed by atoms with van der Waals surface area (Å²) in [5.74, 6) is -2.68. The molecular weight excluding hydrogens is 729 g/mol. The third-order valence-corrected chi connectivity index (χ3v) is 9.96. The number of fused-ring (bicyclic) bond motifs is 2. The Labute approximate surface area is 331 Å². The lowest BCUT2D eigenvalue weighted by Gasteiger charge is -2.28. The number of aliphatic hydroxyl groups excluding tert-OH is 1. The Morgan fingerprint density at radius 3 is 1.95 bits per heavy atom. The molecule has 4 aromatic rings. The number of pyridine rings is 1. The predicted octanol–water partition coefficient (Wildman–Crippen LogP) is 1.72. The van der Waals surface area contributed by atoms with E-state index in [9.17, 15) is 29.1 Å². The molecule has 5 amide bonds. The highest BCUT2D eigenvalue weighted by Gasteiger charge is 2.37. The largest absolute Gasteiger partial charge is 0.394 e. The molecule has 1 saturated heterocycles. The highest BCUT2D eigenvalue weighted by Crippen LogP contribution is 2.33. The van der Waals surface area contributed by atoms with Crippen LogP contribution < -0.4 is 43.8 Å². The molecule has 12 N–H and O–H groups in total. The molecule has 57 heavy (non-hydrogen) atoms. The van der Waals surface area contributed by atoms with Crippen LogP contribution in [-0.2, 0) is 24.0 Å². The normalized spacial score (nSPS) is 15.4. The second kappa shape index (κ2) is 21.0. The van der Waals surface area contributed by atoms with E-state index in [1.165, 1.54) is 4.90 Å². The van der Waals surface area contributed by atoms with Crippen molar-refractivity contribution in [1.29, 1.82) is 0 Å². The topological polar surface area (TPSA) is 260 Å². The molecule has 2 heterocycles.